The van der Waals surface area contributed by atoms with Crippen LogP contribution in [0.25, 0.3) is 22.4 Å². The molecule has 7 nitrogen and oxygen atoms in total. The number of nitrogens with one attached hydrogen (secondary N) is 2. The van der Waals surface area contributed by atoms with Gasteiger partial charge in [-0.1, -0.05) is 41.9 Å². The van der Waals surface area contributed by atoms with Crippen LogP contribution in [0.1, 0.15) is 18.3 Å². The highest BCUT2D eigenvalue weighted by Crippen LogP contribution is 2.30. The molecule has 0 fully saturated rings. The lowest BCUT2D eigenvalue weighted by molar-refractivity contribution is -0.118. The third-order valence-electron chi connectivity index (χ3n) is 4.81. The standard InChI is InChI=1S/C23H22ClN5O2/c1-14(30)26-12-11-18-20-21(25)19(13-31-17-9-7-16(24)8-10-17)28-23(20)29-22(27-18)15-5-3-2-4-6-15/h2-10H,11-13,25H2,1H3,(H,26,30)(H,27,28,29). The summed E-state index contributed by atoms with van der Waals surface area (Å²) in [6.07, 6.45) is 0.526. The van der Waals surface area contributed by atoms with Gasteiger partial charge in [0.05, 0.1) is 22.5 Å². The molecule has 158 valence electrons. The number of nitrogens with two attached hydrogens (primary N) is 1. The Kier molecular flexibility index (Phi) is 6.04. The number of aromatic nitrogens is 3. The van der Waals surface area contributed by atoms with Gasteiger partial charge in [0.25, 0.3) is 0 Å². The quantitative estimate of drug-likeness (QED) is 0.405. The number of halogens is 1. The van der Waals surface area contributed by atoms with Crippen molar-refractivity contribution in [2.24, 2.45) is 0 Å². The van der Waals surface area contributed by atoms with Crippen LogP contribution in [0, 0.1) is 0 Å². The van der Waals surface area contributed by atoms with E-state index in [0.717, 1.165) is 16.6 Å². The molecule has 0 unspecified atom stereocenters. The van der Waals surface area contributed by atoms with Gasteiger partial charge >= 0.3 is 0 Å². The zero-order valence-electron chi connectivity index (χ0n) is 17.0. The molecule has 1 amide bonds. The van der Waals surface area contributed by atoms with Crippen molar-refractivity contribution in [3.63, 3.8) is 0 Å². The van der Waals surface area contributed by atoms with E-state index in [1.54, 1.807) is 24.3 Å². The van der Waals surface area contributed by atoms with E-state index < -0.39 is 0 Å². The molecule has 4 aromatic rings. The number of aromatic amines is 1. The van der Waals surface area contributed by atoms with E-state index in [2.05, 4.69) is 10.3 Å². The average molecular weight is 436 g/mol. The summed E-state index contributed by atoms with van der Waals surface area (Å²) in [5, 5.41) is 4.20. The first-order chi connectivity index (χ1) is 15.0. The number of anilines is 1. The molecule has 0 aliphatic heterocycles. The maximum absolute atomic E-state index is 11.3. The van der Waals surface area contributed by atoms with E-state index >= 15 is 0 Å². The smallest absolute Gasteiger partial charge is 0.216 e. The number of amides is 1. The molecule has 8 heteroatoms. The summed E-state index contributed by atoms with van der Waals surface area (Å²) < 4.78 is 5.85. The van der Waals surface area contributed by atoms with E-state index in [4.69, 9.17) is 32.0 Å². The number of fused-ring (bicyclic) bond motifs is 1. The van der Waals surface area contributed by atoms with E-state index in [9.17, 15) is 4.79 Å². The Morgan fingerprint density at radius 2 is 1.87 bits per heavy atom. The van der Waals surface area contributed by atoms with E-state index in [-0.39, 0.29) is 12.5 Å². The van der Waals surface area contributed by atoms with Crippen LogP contribution in [0.2, 0.25) is 5.02 Å². The minimum Gasteiger partial charge on any atom is -0.487 e. The van der Waals surface area contributed by atoms with Gasteiger partial charge in [-0.3, -0.25) is 4.79 Å². The summed E-state index contributed by atoms with van der Waals surface area (Å²) in [4.78, 5) is 24.0. The Morgan fingerprint density at radius 3 is 2.58 bits per heavy atom. The molecule has 0 spiro atoms. The van der Waals surface area contributed by atoms with Gasteiger partial charge in [0, 0.05) is 30.5 Å². The molecule has 2 heterocycles. The Labute approximate surface area is 184 Å². The maximum Gasteiger partial charge on any atom is 0.216 e. The molecular weight excluding hydrogens is 414 g/mol. The third kappa shape index (κ3) is 4.78. The molecule has 0 saturated carbocycles. The van der Waals surface area contributed by atoms with Crippen molar-refractivity contribution in [2.75, 3.05) is 12.3 Å². The molecule has 0 aliphatic rings. The lowest BCUT2D eigenvalue weighted by atomic mass is 10.1. The number of ether oxygens (including phenoxy) is 1. The molecular formula is C23H22ClN5O2. The Bertz CT molecular complexity index is 1210. The predicted molar refractivity (Wildman–Crippen MR) is 122 cm³/mol. The lowest BCUT2D eigenvalue weighted by Crippen LogP contribution is -2.22. The first kappa shape index (κ1) is 20.7. The van der Waals surface area contributed by atoms with Crippen molar-refractivity contribution in [2.45, 2.75) is 20.0 Å². The van der Waals surface area contributed by atoms with Crippen molar-refractivity contribution in [3.05, 3.63) is 71.0 Å². The number of nitrogens with zero attached hydrogens (tertiary/aromatic N) is 2. The van der Waals surface area contributed by atoms with E-state index in [1.807, 2.05) is 30.3 Å². The van der Waals surface area contributed by atoms with Crippen molar-refractivity contribution >= 4 is 34.2 Å². The topological polar surface area (TPSA) is 106 Å². The second-order valence-corrected chi connectivity index (χ2v) is 7.51. The van der Waals surface area contributed by atoms with Crippen LogP contribution < -0.4 is 15.8 Å². The molecule has 4 rings (SSSR count). The summed E-state index contributed by atoms with van der Waals surface area (Å²) in [6, 6.07) is 16.9. The van der Waals surface area contributed by atoms with Gasteiger partial charge in [0.15, 0.2) is 5.82 Å². The van der Waals surface area contributed by atoms with Crippen LogP contribution in [0.15, 0.2) is 54.6 Å². The highest BCUT2D eigenvalue weighted by Gasteiger charge is 2.17. The van der Waals surface area contributed by atoms with Gasteiger partial charge in [-0.25, -0.2) is 9.97 Å². The first-order valence-corrected chi connectivity index (χ1v) is 10.2. The molecule has 2 aromatic carbocycles. The SMILES string of the molecule is CC(=O)NCCc1nc(-c2ccccc2)nc2[nH]c(COc3ccc(Cl)cc3)c(N)c12. The molecule has 2 aromatic heterocycles. The Balaban J connectivity index is 1.69. The molecule has 0 aliphatic carbocycles. The largest absolute Gasteiger partial charge is 0.487 e. The lowest BCUT2D eigenvalue weighted by Gasteiger charge is -2.08. The second kappa shape index (κ2) is 9.06. The summed E-state index contributed by atoms with van der Waals surface area (Å²) >= 11 is 5.93. The summed E-state index contributed by atoms with van der Waals surface area (Å²) in [6.45, 7) is 2.19. The summed E-state index contributed by atoms with van der Waals surface area (Å²) in [5.41, 5.74) is 10.0. The van der Waals surface area contributed by atoms with Crippen LogP contribution in [0.4, 0.5) is 5.69 Å². The van der Waals surface area contributed by atoms with Crippen LogP contribution >= 0.6 is 11.6 Å². The number of hydrogen-bond acceptors (Lipinski definition) is 5. The molecule has 31 heavy (non-hydrogen) atoms. The fraction of sp³-hybridized carbons (Fsp3) is 0.174. The molecule has 0 atom stereocenters. The van der Waals surface area contributed by atoms with Gasteiger partial charge in [-0.05, 0) is 24.3 Å². The van der Waals surface area contributed by atoms with Gasteiger partial charge in [0.2, 0.25) is 5.91 Å². The van der Waals surface area contributed by atoms with Crippen LogP contribution in [0.3, 0.4) is 0 Å². The fourth-order valence-electron chi connectivity index (χ4n) is 3.30. The van der Waals surface area contributed by atoms with Crippen molar-refractivity contribution in [1.82, 2.24) is 20.3 Å². The van der Waals surface area contributed by atoms with E-state index in [1.165, 1.54) is 6.92 Å². The van der Waals surface area contributed by atoms with Crippen molar-refractivity contribution in [3.8, 4) is 17.1 Å². The fourth-order valence-corrected chi connectivity index (χ4v) is 3.42. The van der Waals surface area contributed by atoms with Gasteiger partial charge in [0.1, 0.15) is 18.0 Å². The minimum atomic E-state index is -0.0901. The Morgan fingerprint density at radius 1 is 1.13 bits per heavy atom. The number of rotatable bonds is 7. The minimum absolute atomic E-state index is 0.0901. The average Bonchev–Trinajstić information content (AvgIpc) is 3.09. The predicted octanol–water partition coefficient (Wildman–Crippen LogP) is 4.12. The number of hydrogen-bond donors (Lipinski definition) is 3. The highest BCUT2D eigenvalue weighted by molar-refractivity contribution is 6.30. The molecule has 0 bridgehead atoms. The molecule has 4 N–H and O–H groups in total. The van der Waals surface area contributed by atoms with Gasteiger partial charge < -0.3 is 20.8 Å². The zero-order valence-corrected chi connectivity index (χ0v) is 17.7. The number of carbonyl (C=O) groups is 1. The molecule has 0 saturated heterocycles. The van der Waals surface area contributed by atoms with Gasteiger partial charge in [-0.2, -0.15) is 0 Å². The number of nitrogen functional groups attached to an aromatic ring is 1. The number of H-pyrrole nitrogens is 1. The van der Waals surface area contributed by atoms with Crippen molar-refractivity contribution < 1.29 is 9.53 Å². The number of benzene rings is 2. The summed E-state index contributed by atoms with van der Waals surface area (Å²) in [7, 11) is 0. The molecule has 0 radical (unpaired) electrons. The van der Waals surface area contributed by atoms with Crippen LogP contribution in [0.5, 0.6) is 5.75 Å². The zero-order chi connectivity index (χ0) is 21.8. The van der Waals surface area contributed by atoms with Crippen LogP contribution in [-0.2, 0) is 17.8 Å². The van der Waals surface area contributed by atoms with Crippen molar-refractivity contribution in [1.29, 1.82) is 0 Å². The normalized spacial score (nSPS) is 10.9. The first-order valence-electron chi connectivity index (χ1n) is 9.86. The maximum atomic E-state index is 11.3. The van der Waals surface area contributed by atoms with Crippen LogP contribution in [-0.4, -0.2) is 27.4 Å². The van der Waals surface area contributed by atoms with E-state index in [0.29, 0.717) is 46.6 Å². The highest BCUT2D eigenvalue weighted by atomic mass is 35.5. The number of carbonyl (C=O) groups excluding carboxylic acids is 1. The monoisotopic (exact) mass is 435 g/mol. The Hall–Kier alpha value is -3.58. The third-order valence-corrected chi connectivity index (χ3v) is 5.06. The second-order valence-electron chi connectivity index (χ2n) is 7.08. The van der Waals surface area contributed by atoms with Gasteiger partial charge in [-0.15, -0.1) is 0 Å². The summed E-state index contributed by atoms with van der Waals surface area (Å²) in [5.74, 6) is 1.19.